The Morgan fingerprint density at radius 2 is 1.68 bits per heavy atom. The third kappa shape index (κ3) is 4.34. The molecule has 0 fully saturated rings. The number of methoxy groups -OCH3 is 1. The largest absolute Gasteiger partial charge is 0.503 e. The van der Waals surface area contributed by atoms with E-state index >= 15 is 0 Å². The summed E-state index contributed by atoms with van der Waals surface area (Å²) in [6, 6.07) is 21.6. The van der Waals surface area contributed by atoms with Crippen LogP contribution in [-0.4, -0.2) is 31.5 Å². The predicted molar refractivity (Wildman–Crippen MR) is 119 cm³/mol. The molecule has 0 radical (unpaired) electrons. The van der Waals surface area contributed by atoms with Gasteiger partial charge in [-0.25, -0.2) is 4.79 Å². The number of carbonyl (C=O) groups excluding carboxylic acids is 1. The maximum absolute atomic E-state index is 12.2. The van der Waals surface area contributed by atoms with Crippen LogP contribution in [-0.2, 0) is 4.74 Å². The summed E-state index contributed by atoms with van der Waals surface area (Å²) in [6.07, 6.45) is -0.0335. The smallest absolute Gasteiger partial charge is 0.407 e. The van der Waals surface area contributed by atoms with Crippen molar-refractivity contribution < 1.29 is 19.4 Å². The summed E-state index contributed by atoms with van der Waals surface area (Å²) < 4.78 is 10.6. The summed E-state index contributed by atoms with van der Waals surface area (Å²) in [5.74, 6) is 6.25. The molecule has 1 aliphatic rings. The topological polar surface area (TPSA) is 67.8 Å². The molecule has 3 aromatic rings. The quantitative estimate of drug-likeness (QED) is 0.471. The number of alkyl carbamates (subject to hydrolysis) is 1. The van der Waals surface area contributed by atoms with E-state index in [0.29, 0.717) is 24.3 Å². The van der Waals surface area contributed by atoms with E-state index in [0.717, 1.165) is 0 Å². The van der Waals surface area contributed by atoms with Crippen LogP contribution in [0, 0.1) is 11.8 Å². The van der Waals surface area contributed by atoms with Crippen LogP contribution in [0.2, 0.25) is 0 Å². The molecule has 0 heterocycles. The van der Waals surface area contributed by atoms with Gasteiger partial charge in [0.15, 0.2) is 11.5 Å². The van der Waals surface area contributed by atoms with Crippen molar-refractivity contribution in [3.05, 3.63) is 83.4 Å². The average Bonchev–Trinajstić information content (AvgIpc) is 3.12. The number of phenolic OH excluding ortho intramolecular Hbond substituents is 1. The van der Waals surface area contributed by atoms with Gasteiger partial charge in [0.1, 0.15) is 6.61 Å². The number of fused-ring (bicyclic) bond motifs is 3. The number of ether oxygens (including phenoxy) is 2. The Kier molecular flexibility index (Phi) is 6.09. The van der Waals surface area contributed by atoms with E-state index in [4.69, 9.17) is 9.47 Å². The molecule has 0 saturated carbocycles. The lowest BCUT2D eigenvalue weighted by molar-refractivity contribution is 0.143. The van der Waals surface area contributed by atoms with E-state index in [9.17, 15) is 9.90 Å². The Labute approximate surface area is 181 Å². The van der Waals surface area contributed by atoms with Crippen molar-refractivity contribution in [1.29, 1.82) is 0 Å². The standard InChI is InChI=1S/C26H23NO4/c1-30-24-15-8-10-18(25(24)28)9-6-7-16-27-26(29)31-17-23-21-13-4-2-11-19(21)20-12-3-5-14-22(20)23/h2-5,8,10-15,23,28H,7,16-17H2,1H3,(H,27,29). The highest BCUT2D eigenvalue weighted by molar-refractivity contribution is 5.79. The molecule has 0 spiro atoms. The minimum Gasteiger partial charge on any atom is -0.503 e. The van der Waals surface area contributed by atoms with Crippen molar-refractivity contribution in [3.8, 4) is 34.5 Å². The van der Waals surface area contributed by atoms with Crippen LogP contribution in [0.5, 0.6) is 11.5 Å². The van der Waals surface area contributed by atoms with Crippen LogP contribution in [0.4, 0.5) is 4.79 Å². The molecule has 156 valence electrons. The van der Waals surface area contributed by atoms with Crippen molar-refractivity contribution in [2.24, 2.45) is 0 Å². The van der Waals surface area contributed by atoms with Crippen LogP contribution in [0.15, 0.2) is 66.7 Å². The second kappa shape index (κ2) is 9.27. The summed E-state index contributed by atoms with van der Waals surface area (Å²) in [5.41, 5.74) is 5.24. The third-order valence-electron chi connectivity index (χ3n) is 5.30. The second-order valence-electron chi connectivity index (χ2n) is 7.16. The number of carbonyl (C=O) groups is 1. The van der Waals surface area contributed by atoms with Crippen LogP contribution in [0.3, 0.4) is 0 Å². The van der Waals surface area contributed by atoms with Gasteiger partial charge in [-0.15, -0.1) is 0 Å². The van der Waals surface area contributed by atoms with E-state index < -0.39 is 6.09 Å². The summed E-state index contributed by atoms with van der Waals surface area (Å²) in [4.78, 5) is 12.2. The van der Waals surface area contributed by atoms with Crippen LogP contribution >= 0.6 is 0 Å². The van der Waals surface area contributed by atoms with Crippen molar-refractivity contribution in [1.82, 2.24) is 5.32 Å². The van der Waals surface area contributed by atoms with Crippen molar-refractivity contribution in [2.75, 3.05) is 20.3 Å². The molecule has 4 rings (SSSR count). The Morgan fingerprint density at radius 1 is 1.00 bits per heavy atom. The van der Waals surface area contributed by atoms with Crippen molar-refractivity contribution in [3.63, 3.8) is 0 Å². The first-order valence-corrected chi connectivity index (χ1v) is 10.1. The lowest BCUT2D eigenvalue weighted by Gasteiger charge is -2.14. The number of amides is 1. The molecule has 0 aromatic heterocycles. The van der Waals surface area contributed by atoms with Crippen LogP contribution in [0.25, 0.3) is 11.1 Å². The molecular weight excluding hydrogens is 390 g/mol. The number of benzene rings is 3. The van der Waals surface area contributed by atoms with Gasteiger partial charge in [-0.3, -0.25) is 0 Å². The zero-order valence-electron chi connectivity index (χ0n) is 17.2. The number of rotatable bonds is 5. The second-order valence-corrected chi connectivity index (χ2v) is 7.16. The average molecular weight is 413 g/mol. The van der Waals surface area contributed by atoms with E-state index in [1.165, 1.54) is 29.4 Å². The molecule has 1 aliphatic carbocycles. The Morgan fingerprint density at radius 3 is 2.35 bits per heavy atom. The van der Waals surface area contributed by atoms with Gasteiger partial charge in [0, 0.05) is 18.9 Å². The van der Waals surface area contributed by atoms with E-state index in [1.807, 2.05) is 24.3 Å². The molecule has 0 atom stereocenters. The van der Waals surface area contributed by atoms with Gasteiger partial charge in [0.2, 0.25) is 0 Å². The summed E-state index contributed by atoms with van der Waals surface area (Å²) in [7, 11) is 1.49. The fourth-order valence-electron chi connectivity index (χ4n) is 3.82. The van der Waals surface area contributed by atoms with Gasteiger partial charge in [0.05, 0.1) is 12.7 Å². The van der Waals surface area contributed by atoms with E-state index in [1.54, 1.807) is 18.2 Å². The number of aromatic hydroxyl groups is 1. The van der Waals surface area contributed by atoms with Crippen LogP contribution < -0.4 is 10.1 Å². The fourth-order valence-corrected chi connectivity index (χ4v) is 3.82. The zero-order valence-corrected chi connectivity index (χ0v) is 17.2. The Hall–Kier alpha value is -3.91. The molecule has 0 aliphatic heterocycles. The van der Waals surface area contributed by atoms with Gasteiger partial charge < -0.3 is 19.9 Å². The van der Waals surface area contributed by atoms with E-state index in [2.05, 4.69) is 41.4 Å². The number of nitrogens with one attached hydrogen (secondary N) is 1. The van der Waals surface area contributed by atoms with Crippen molar-refractivity contribution >= 4 is 6.09 Å². The first-order chi connectivity index (χ1) is 15.2. The lowest BCUT2D eigenvalue weighted by atomic mass is 9.98. The van der Waals surface area contributed by atoms with Gasteiger partial charge in [0.25, 0.3) is 0 Å². The minimum absolute atomic E-state index is 0.0157. The molecule has 2 N–H and O–H groups in total. The fraction of sp³-hybridized carbons (Fsp3) is 0.192. The highest BCUT2D eigenvalue weighted by Gasteiger charge is 2.28. The minimum atomic E-state index is -0.465. The van der Waals surface area contributed by atoms with E-state index in [-0.39, 0.29) is 18.3 Å². The SMILES string of the molecule is COc1cccc(C#CCCNC(=O)OCC2c3ccccc3-c3ccccc32)c1O. The third-order valence-corrected chi connectivity index (χ3v) is 5.30. The lowest BCUT2D eigenvalue weighted by Crippen LogP contribution is -2.26. The molecule has 5 nitrogen and oxygen atoms in total. The molecule has 5 heteroatoms. The van der Waals surface area contributed by atoms with Gasteiger partial charge in [-0.1, -0.05) is 66.4 Å². The van der Waals surface area contributed by atoms with Crippen LogP contribution in [0.1, 0.15) is 29.0 Å². The van der Waals surface area contributed by atoms with Gasteiger partial charge >= 0.3 is 6.09 Å². The predicted octanol–water partition coefficient (Wildman–Crippen LogP) is 4.68. The normalized spacial score (nSPS) is 11.6. The van der Waals surface area contributed by atoms with Crippen molar-refractivity contribution in [2.45, 2.75) is 12.3 Å². The monoisotopic (exact) mass is 413 g/mol. The molecule has 0 saturated heterocycles. The highest BCUT2D eigenvalue weighted by Crippen LogP contribution is 2.44. The molecule has 0 bridgehead atoms. The molecule has 1 amide bonds. The number of para-hydroxylation sites is 1. The Bertz CT molecular complexity index is 1110. The Balaban J connectivity index is 1.29. The van der Waals surface area contributed by atoms with Gasteiger partial charge in [-0.2, -0.15) is 0 Å². The maximum atomic E-state index is 12.2. The summed E-state index contributed by atoms with van der Waals surface area (Å²) in [5, 5.41) is 12.8. The first-order valence-electron chi connectivity index (χ1n) is 10.1. The maximum Gasteiger partial charge on any atom is 0.407 e. The molecular formula is C26H23NO4. The highest BCUT2D eigenvalue weighted by atomic mass is 16.5. The number of hydrogen-bond acceptors (Lipinski definition) is 4. The zero-order chi connectivity index (χ0) is 21.6. The molecule has 3 aromatic carbocycles. The first kappa shape index (κ1) is 20.4. The number of hydrogen-bond donors (Lipinski definition) is 2. The molecule has 31 heavy (non-hydrogen) atoms. The number of phenols is 1. The molecule has 0 unspecified atom stereocenters. The summed E-state index contributed by atoms with van der Waals surface area (Å²) >= 11 is 0. The van der Waals surface area contributed by atoms with Gasteiger partial charge in [-0.05, 0) is 34.4 Å². The summed E-state index contributed by atoms with van der Waals surface area (Å²) in [6.45, 7) is 0.637.